The van der Waals surface area contributed by atoms with Gasteiger partial charge in [0.05, 0.1) is 6.21 Å². The summed E-state index contributed by atoms with van der Waals surface area (Å²) < 4.78 is 0. The number of benzene rings is 1. The van der Waals surface area contributed by atoms with E-state index in [1.165, 1.54) is 0 Å². The van der Waals surface area contributed by atoms with Gasteiger partial charge in [-0.25, -0.2) is 0 Å². The van der Waals surface area contributed by atoms with Crippen LogP contribution >= 0.6 is 0 Å². The number of hydrogen-bond acceptors (Lipinski definition) is 2. The molecular weight excluding hydrogens is 148 g/mol. The van der Waals surface area contributed by atoms with Gasteiger partial charge in [-0.05, 0) is 12.0 Å². The molecule has 0 amide bonds. The second kappa shape index (κ2) is 5.24. The van der Waals surface area contributed by atoms with E-state index in [9.17, 15) is 0 Å². The quantitative estimate of drug-likeness (QED) is 0.479. The topological polar surface area (TPSA) is 24.7 Å². The van der Waals surface area contributed by atoms with Crippen molar-refractivity contribution < 1.29 is 0 Å². The minimum atomic E-state index is 0.923. The van der Waals surface area contributed by atoms with Crippen LogP contribution in [0.25, 0.3) is 0 Å². The average molecular weight is 160 g/mol. The molecule has 0 saturated carbocycles. The molecule has 0 aliphatic heterocycles. The Labute approximate surface area is 72.7 Å². The summed E-state index contributed by atoms with van der Waals surface area (Å²) in [5, 5.41) is 7.71. The third kappa shape index (κ3) is 3.10. The van der Waals surface area contributed by atoms with Crippen LogP contribution < -0.4 is 0 Å². The van der Waals surface area contributed by atoms with Crippen LogP contribution in [0.15, 0.2) is 40.5 Å². The van der Waals surface area contributed by atoms with E-state index in [0.29, 0.717) is 0 Å². The maximum atomic E-state index is 3.88. The van der Waals surface area contributed by atoms with Crippen molar-refractivity contribution in [1.29, 1.82) is 0 Å². The maximum absolute atomic E-state index is 3.88. The smallest absolute Gasteiger partial charge is 0.0567 e. The lowest BCUT2D eigenvalue weighted by Gasteiger charge is -1.86. The van der Waals surface area contributed by atoms with Crippen molar-refractivity contribution in [3.63, 3.8) is 0 Å². The van der Waals surface area contributed by atoms with E-state index >= 15 is 0 Å². The Morgan fingerprint density at radius 1 is 1.17 bits per heavy atom. The second-order valence-corrected chi connectivity index (χ2v) is 2.36. The first-order valence-electron chi connectivity index (χ1n) is 4.03. The summed E-state index contributed by atoms with van der Waals surface area (Å²) >= 11 is 0. The molecule has 12 heavy (non-hydrogen) atoms. The zero-order valence-electron chi connectivity index (χ0n) is 7.14. The summed E-state index contributed by atoms with van der Waals surface area (Å²) in [6, 6.07) is 9.92. The molecule has 1 aromatic carbocycles. The Morgan fingerprint density at radius 3 is 2.58 bits per heavy atom. The van der Waals surface area contributed by atoms with Crippen molar-refractivity contribution >= 4 is 12.4 Å². The van der Waals surface area contributed by atoms with Crippen LogP contribution in [0.5, 0.6) is 0 Å². The van der Waals surface area contributed by atoms with Gasteiger partial charge in [0.15, 0.2) is 0 Å². The van der Waals surface area contributed by atoms with Crippen molar-refractivity contribution in [2.45, 2.75) is 13.3 Å². The Bertz CT molecular complexity index is 262. The third-order valence-corrected chi connectivity index (χ3v) is 1.34. The van der Waals surface area contributed by atoms with E-state index in [-0.39, 0.29) is 0 Å². The molecule has 62 valence electrons. The molecule has 0 spiro atoms. The predicted molar refractivity (Wildman–Crippen MR) is 52.8 cm³/mol. The van der Waals surface area contributed by atoms with Crippen LogP contribution in [0, 0.1) is 0 Å². The number of nitrogens with zero attached hydrogens (tertiary/aromatic N) is 2. The zero-order chi connectivity index (χ0) is 8.65. The van der Waals surface area contributed by atoms with Crippen LogP contribution in [0.3, 0.4) is 0 Å². The van der Waals surface area contributed by atoms with Gasteiger partial charge in [0, 0.05) is 6.21 Å². The van der Waals surface area contributed by atoms with Crippen LogP contribution in [-0.2, 0) is 0 Å². The summed E-state index contributed by atoms with van der Waals surface area (Å²) in [6.45, 7) is 2.03. The maximum Gasteiger partial charge on any atom is 0.0567 e. The van der Waals surface area contributed by atoms with E-state index in [1.807, 2.05) is 37.3 Å². The molecule has 0 fully saturated rings. The van der Waals surface area contributed by atoms with Crippen LogP contribution in [-0.4, -0.2) is 12.4 Å². The summed E-state index contributed by atoms with van der Waals surface area (Å²) in [6.07, 6.45) is 4.44. The molecule has 0 aliphatic rings. The summed E-state index contributed by atoms with van der Waals surface area (Å²) in [7, 11) is 0. The summed E-state index contributed by atoms with van der Waals surface area (Å²) in [5.41, 5.74) is 1.07. The number of rotatable bonds is 3. The third-order valence-electron chi connectivity index (χ3n) is 1.34. The fourth-order valence-corrected chi connectivity index (χ4v) is 0.768. The van der Waals surface area contributed by atoms with Crippen molar-refractivity contribution in [3.8, 4) is 0 Å². The van der Waals surface area contributed by atoms with Gasteiger partial charge in [0.1, 0.15) is 0 Å². The monoisotopic (exact) mass is 160 g/mol. The first-order valence-corrected chi connectivity index (χ1v) is 4.03. The molecule has 0 heterocycles. The fraction of sp³-hybridized carbons (Fsp3) is 0.200. The SMILES string of the molecule is CC/C=N\N=C/c1ccccc1. The summed E-state index contributed by atoms with van der Waals surface area (Å²) in [5.74, 6) is 0. The predicted octanol–water partition coefficient (Wildman–Crippen LogP) is 2.50. The lowest BCUT2D eigenvalue weighted by atomic mass is 10.2. The molecule has 0 aromatic heterocycles. The molecule has 0 saturated heterocycles. The molecule has 2 nitrogen and oxygen atoms in total. The lowest BCUT2D eigenvalue weighted by Crippen LogP contribution is -1.77. The van der Waals surface area contributed by atoms with Crippen LogP contribution in [0.1, 0.15) is 18.9 Å². The second-order valence-electron chi connectivity index (χ2n) is 2.36. The highest BCUT2D eigenvalue weighted by molar-refractivity contribution is 5.79. The van der Waals surface area contributed by atoms with E-state index in [2.05, 4.69) is 10.2 Å². The van der Waals surface area contributed by atoms with Gasteiger partial charge >= 0.3 is 0 Å². The van der Waals surface area contributed by atoms with Gasteiger partial charge in [-0.15, -0.1) is 0 Å². The molecule has 0 radical (unpaired) electrons. The fourth-order valence-electron chi connectivity index (χ4n) is 0.768. The Morgan fingerprint density at radius 2 is 1.92 bits per heavy atom. The Kier molecular flexibility index (Phi) is 3.78. The summed E-state index contributed by atoms with van der Waals surface area (Å²) in [4.78, 5) is 0. The lowest BCUT2D eigenvalue weighted by molar-refractivity contribution is 1.21. The first kappa shape index (κ1) is 8.65. The van der Waals surface area contributed by atoms with E-state index in [4.69, 9.17) is 0 Å². The average Bonchev–Trinajstić information content (AvgIpc) is 2.14. The standard InChI is InChI=1S/C10H12N2/c1-2-8-11-12-9-10-6-4-3-5-7-10/h3-9H,2H2,1H3/b11-8-,12-9-. The highest BCUT2D eigenvalue weighted by atomic mass is 15.2. The molecule has 0 N–H and O–H groups in total. The van der Waals surface area contributed by atoms with Crippen LogP contribution in [0.4, 0.5) is 0 Å². The minimum Gasteiger partial charge on any atom is -0.164 e. The minimum absolute atomic E-state index is 0.923. The number of hydrogen-bond donors (Lipinski definition) is 0. The zero-order valence-corrected chi connectivity index (χ0v) is 7.14. The Hall–Kier alpha value is -1.44. The van der Waals surface area contributed by atoms with Crippen molar-refractivity contribution in [3.05, 3.63) is 35.9 Å². The molecular formula is C10H12N2. The highest BCUT2D eigenvalue weighted by Crippen LogP contribution is 1.93. The van der Waals surface area contributed by atoms with Crippen molar-refractivity contribution in [2.24, 2.45) is 10.2 Å². The highest BCUT2D eigenvalue weighted by Gasteiger charge is 1.80. The Balaban J connectivity index is 2.52. The largest absolute Gasteiger partial charge is 0.164 e. The first-order chi connectivity index (χ1) is 5.93. The van der Waals surface area contributed by atoms with Gasteiger partial charge in [-0.1, -0.05) is 37.3 Å². The van der Waals surface area contributed by atoms with Gasteiger partial charge < -0.3 is 0 Å². The van der Waals surface area contributed by atoms with Gasteiger partial charge in [-0.2, -0.15) is 10.2 Å². The molecule has 0 bridgehead atoms. The van der Waals surface area contributed by atoms with Gasteiger partial charge in [0.2, 0.25) is 0 Å². The molecule has 2 heteroatoms. The van der Waals surface area contributed by atoms with E-state index < -0.39 is 0 Å². The van der Waals surface area contributed by atoms with Gasteiger partial charge in [-0.3, -0.25) is 0 Å². The van der Waals surface area contributed by atoms with Crippen molar-refractivity contribution in [2.75, 3.05) is 0 Å². The molecule has 1 aromatic rings. The normalized spacial score (nSPS) is 11.4. The van der Waals surface area contributed by atoms with Crippen molar-refractivity contribution in [1.82, 2.24) is 0 Å². The van der Waals surface area contributed by atoms with Crippen LogP contribution in [0.2, 0.25) is 0 Å². The molecule has 0 aliphatic carbocycles. The molecule has 1 rings (SSSR count). The molecule has 0 unspecified atom stereocenters. The van der Waals surface area contributed by atoms with E-state index in [0.717, 1.165) is 12.0 Å². The molecule has 0 atom stereocenters. The van der Waals surface area contributed by atoms with Gasteiger partial charge in [0.25, 0.3) is 0 Å². The van der Waals surface area contributed by atoms with E-state index in [1.54, 1.807) is 12.4 Å².